The Bertz CT molecular complexity index is 359. The van der Waals surface area contributed by atoms with E-state index in [1.54, 1.807) is 6.92 Å². The summed E-state index contributed by atoms with van der Waals surface area (Å²) in [5.74, 6) is 0.103. The fourth-order valence-electron chi connectivity index (χ4n) is 3.72. The van der Waals surface area contributed by atoms with Gasteiger partial charge in [-0.25, -0.2) is 0 Å². The second-order valence-corrected chi connectivity index (χ2v) is 6.69. The Balaban J connectivity index is 2.27. The predicted octanol–water partition coefficient (Wildman–Crippen LogP) is 2.01. The molecule has 0 bridgehead atoms. The van der Waals surface area contributed by atoms with Crippen molar-refractivity contribution in [3.05, 3.63) is 11.1 Å². The van der Waals surface area contributed by atoms with Crippen molar-refractivity contribution < 1.29 is 15.3 Å². The highest BCUT2D eigenvalue weighted by molar-refractivity contribution is 5.28. The van der Waals surface area contributed by atoms with Crippen LogP contribution in [-0.4, -0.2) is 33.6 Å². The summed E-state index contributed by atoms with van der Waals surface area (Å²) in [4.78, 5) is 0. The molecule has 2 aliphatic rings. The maximum absolute atomic E-state index is 10.3. The highest BCUT2D eigenvalue weighted by Gasteiger charge is 2.47. The maximum Gasteiger partial charge on any atom is 0.0880 e. The fraction of sp³-hybridized carbons (Fsp3) is 0.867. The zero-order chi connectivity index (χ0) is 13.6. The van der Waals surface area contributed by atoms with E-state index in [9.17, 15) is 15.3 Å². The van der Waals surface area contributed by atoms with Crippen LogP contribution in [0.3, 0.4) is 0 Å². The minimum absolute atomic E-state index is 0.103. The van der Waals surface area contributed by atoms with Crippen LogP contribution in [0.5, 0.6) is 0 Å². The smallest absolute Gasteiger partial charge is 0.0880 e. The molecule has 2 aliphatic carbocycles. The first-order valence-corrected chi connectivity index (χ1v) is 7.01. The first-order chi connectivity index (χ1) is 8.31. The molecule has 3 nitrogen and oxygen atoms in total. The topological polar surface area (TPSA) is 60.7 Å². The van der Waals surface area contributed by atoms with Crippen LogP contribution >= 0.6 is 0 Å². The minimum Gasteiger partial charge on any atom is -0.393 e. The Labute approximate surface area is 110 Å². The summed E-state index contributed by atoms with van der Waals surface area (Å²) >= 11 is 0. The number of allylic oxidation sites excluding steroid dienone is 1. The van der Waals surface area contributed by atoms with Crippen LogP contribution < -0.4 is 0 Å². The highest BCUT2D eigenvalue weighted by Crippen LogP contribution is 2.52. The average molecular weight is 254 g/mol. The fourth-order valence-corrected chi connectivity index (χ4v) is 3.72. The lowest BCUT2D eigenvalue weighted by atomic mass is 9.58. The van der Waals surface area contributed by atoms with E-state index in [4.69, 9.17) is 0 Å². The molecule has 1 fully saturated rings. The molecule has 0 aliphatic heterocycles. The molecular formula is C15H26O3. The van der Waals surface area contributed by atoms with E-state index < -0.39 is 5.60 Å². The van der Waals surface area contributed by atoms with E-state index in [1.165, 1.54) is 11.1 Å². The Kier molecular flexibility index (Phi) is 3.60. The van der Waals surface area contributed by atoms with Gasteiger partial charge in [0.2, 0.25) is 0 Å². The number of hydrogen-bond acceptors (Lipinski definition) is 3. The lowest BCUT2D eigenvalue weighted by Crippen LogP contribution is -2.47. The summed E-state index contributed by atoms with van der Waals surface area (Å²) < 4.78 is 0. The summed E-state index contributed by atoms with van der Waals surface area (Å²) in [5, 5.41) is 29.8. The van der Waals surface area contributed by atoms with Crippen molar-refractivity contribution in [2.24, 2.45) is 11.3 Å². The van der Waals surface area contributed by atoms with E-state index in [1.807, 2.05) is 0 Å². The lowest BCUT2D eigenvalue weighted by Gasteiger charge is -2.49. The third kappa shape index (κ3) is 2.13. The predicted molar refractivity (Wildman–Crippen MR) is 71.1 cm³/mol. The second-order valence-electron chi connectivity index (χ2n) is 6.69. The molecular weight excluding hydrogens is 228 g/mol. The molecule has 0 amide bonds. The molecule has 0 spiro atoms. The van der Waals surface area contributed by atoms with E-state index in [2.05, 4.69) is 13.8 Å². The summed E-state index contributed by atoms with van der Waals surface area (Å²) in [7, 11) is 0. The molecule has 4 unspecified atom stereocenters. The second kappa shape index (κ2) is 4.62. The van der Waals surface area contributed by atoms with Crippen molar-refractivity contribution >= 4 is 0 Å². The monoisotopic (exact) mass is 254 g/mol. The third-order valence-electron chi connectivity index (χ3n) is 5.40. The average Bonchev–Trinajstić information content (AvgIpc) is 2.34. The molecule has 0 aromatic heterocycles. The van der Waals surface area contributed by atoms with Crippen LogP contribution in [0, 0.1) is 11.3 Å². The summed E-state index contributed by atoms with van der Waals surface area (Å²) in [6.45, 7) is 5.83. The Morgan fingerprint density at radius 1 is 1.39 bits per heavy atom. The standard InChI is InChI=1S/C15H26O3/c1-10-4-5-13(17)14(2)7-6-11(8-12(10)14)15(3,18)9-16/h11,13,16-18H,4-9H2,1-3H3. The molecule has 2 rings (SSSR count). The van der Waals surface area contributed by atoms with Gasteiger partial charge in [-0.2, -0.15) is 0 Å². The number of fused-ring (bicyclic) bond motifs is 1. The Hall–Kier alpha value is -0.380. The number of hydrogen-bond donors (Lipinski definition) is 3. The molecule has 0 aromatic carbocycles. The van der Waals surface area contributed by atoms with Crippen molar-refractivity contribution in [1.82, 2.24) is 0 Å². The van der Waals surface area contributed by atoms with Crippen molar-refractivity contribution in [1.29, 1.82) is 0 Å². The van der Waals surface area contributed by atoms with E-state index in [-0.39, 0.29) is 24.0 Å². The van der Waals surface area contributed by atoms with Crippen LogP contribution in [0.4, 0.5) is 0 Å². The number of aliphatic hydroxyl groups excluding tert-OH is 2. The Morgan fingerprint density at radius 3 is 2.67 bits per heavy atom. The van der Waals surface area contributed by atoms with Crippen molar-refractivity contribution in [2.45, 2.75) is 64.6 Å². The van der Waals surface area contributed by atoms with Crippen molar-refractivity contribution in [3.8, 4) is 0 Å². The van der Waals surface area contributed by atoms with E-state index >= 15 is 0 Å². The van der Waals surface area contributed by atoms with Gasteiger partial charge < -0.3 is 15.3 Å². The van der Waals surface area contributed by atoms with Crippen molar-refractivity contribution in [3.63, 3.8) is 0 Å². The quantitative estimate of drug-likeness (QED) is 0.661. The minimum atomic E-state index is -1.00. The van der Waals surface area contributed by atoms with Crippen molar-refractivity contribution in [2.75, 3.05) is 6.61 Å². The number of rotatable bonds is 2. The summed E-state index contributed by atoms with van der Waals surface area (Å²) in [6, 6.07) is 0. The first-order valence-electron chi connectivity index (χ1n) is 7.01. The van der Waals surface area contributed by atoms with Gasteiger partial charge in [0.15, 0.2) is 0 Å². The van der Waals surface area contributed by atoms with Gasteiger partial charge in [-0.3, -0.25) is 0 Å². The normalized spacial score (nSPS) is 40.3. The van der Waals surface area contributed by atoms with Gasteiger partial charge in [-0.15, -0.1) is 0 Å². The van der Waals surface area contributed by atoms with Crippen LogP contribution in [0.2, 0.25) is 0 Å². The summed E-state index contributed by atoms with van der Waals surface area (Å²) in [6.07, 6.45) is 4.15. The van der Waals surface area contributed by atoms with Crippen LogP contribution in [0.25, 0.3) is 0 Å². The van der Waals surface area contributed by atoms with Gasteiger partial charge in [0.25, 0.3) is 0 Å². The molecule has 0 heterocycles. The Morgan fingerprint density at radius 2 is 2.06 bits per heavy atom. The van der Waals surface area contributed by atoms with Gasteiger partial charge in [0, 0.05) is 5.41 Å². The largest absolute Gasteiger partial charge is 0.393 e. The molecule has 1 saturated carbocycles. The summed E-state index contributed by atoms with van der Waals surface area (Å²) in [5.41, 5.74) is 1.59. The zero-order valence-corrected chi connectivity index (χ0v) is 11.7. The van der Waals surface area contributed by atoms with Crippen LogP contribution in [-0.2, 0) is 0 Å². The lowest BCUT2D eigenvalue weighted by molar-refractivity contribution is -0.0704. The van der Waals surface area contributed by atoms with Gasteiger partial charge in [-0.1, -0.05) is 18.1 Å². The molecule has 0 saturated heterocycles. The molecule has 3 heteroatoms. The molecule has 18 heavy (non-hydrogen) atoms. The zero-order valence-electron chi connectivity index (χ0n) is 11.7. The first kappa shape index (κ1) is 14.0. The highest BCUT2D eigenvalue weighted by atomic mass is 16.3. The molecule has 0 aromatic rings. The molecule has 4 atom stereocenters. The molecule has 3 N–H and O–H groups in total. The van der Waals surface area contributed by atoms with Crippen LogP contribution in [0.1, 0.15) is 52.9 Å². The third-order valence-corrected chi connectivity index (χ3v) is 5.40. The molecule has 0 radical (unpaired) electrons. The SMILES string of the molecule is CC1=C2CC(C(C)(O)CO)CCC2(C)C(O)CC1. The van der Waals surface area contributed by atoms with E-state index in [0.29, 0.717) is 0 Å². The number of aliphatic hydroxyl groups is 3. The molecule has 104 valence electrons. The van der Waals surface area contributed by atoms with Gasteiger partial charge in [-0.05, 0) is 51.9 Å². The maximum atomic E-state index is 10.3. The van der Waals surface area contributed by atoms with Gasteiger partial charge in [0.05, 0.1) is 18.3 Å². The van der Waals surface area contributed by atoms with Gasteiger partial charge in [0.1, 0.15) is 0 Å². The van der Waals surface area contributed by atoms with Crippen LogP contribution in [0.15, 0.2) is 11.1 Å². The van der Waals surface area contributed by atoms with E-state index in [0.717, 1.165) is 32.1 Å². The van der Waals surface area contributed by atoms with Gasteiger partial charge >= 0.3 is 0 Å².